The molecule has 1 aromatic rings. The molecule has 1 saturated carbocycles. The van der Waals surface area contributed by atoms with Crippen molar-refractivity contribution in [2.24, 2.45) is 23.5 Å². The van der Waals surface area contributed by atoms with Gasteiger partial charge < -0.3 is 5.73 Å². The van der Waals surface area contributed by atoms with Crippen LogP contribution in [0.1, 0.15) is 44.7 Å². The third kappa shape index (κ3) is 2.70. The van der Waals surface area contributed by atoms with Crippen molar-refractivity contribution in [3.8, 4) is 0 Å². The molecule has 1 aliphatic carbocycles. The van der Waals surface area contributed by atoms with E-state index in [1.54, 1.807) is 12.1 Å². The van der Waals surface area contributed by atoms with Gasteiger partial charge in [-0.2, -0.15) is 0 Å². The van der Waals surface area contributed by atoms with Crippen LogP contribution in [0.25, 0.3) is 0 Å². The Bertz CT molecular complexity index is 401. The predicted octanol–water partition coefficient (Wildman–Crippen LogP) is 4.55. The van der Waals surface area contributed by atoms with Gasteiger partial charge in [-0.3, -0.25) is 0 Å². The van der Waals surface area contributed by atoms with Gasteiger partial charge in [-0.05, 0) is 42.7 Å². The summed E-state index contributed by atoms with van der Waals surface area (Å²) in [5.74, 6) is 1.46. The van der Waals surface area contributed by atoms with Crippen LogP contribution in [0.15, 0.2) is 18.2 Å². The van der Waals surface area contributed by atoms with Crippen LogP contribution < -0.4 is 5.73 Å². The molecule has 2 rings (SSSR count). The maximum atomic E-state index is 13.9. The summed E-state index contributed by atoms with van der Waals surface area (Å²) in [5.41, 5.74) is 6.75. The van der Waals surface area contributed by atoms with Gasteiger partial charge in [0.15, 0.2) is 0 Å². The van der Waals surface area contributed by atoms with Crippen LogP contribution in [-0.4, -0.2) is 0 Å². The molecule has 2 N–H and O–H groups in total. The number of rotatable bonds is 2. The van der Waals surface area contributed by atoms with E-state index in [2.05, 4.69) is 13.8 Å². The topological polar surface area (TPSA) is 26.0 Å². The lowest BCUT2D eigenvalue weighted by molar-refractivity contribution is 0.184. The van der Waals surface area contributed by atoms with Gasteiger partial charge >= 0.3 is 0 Å². The van der Waals surface area contributed by atoms with Crippen LogP contribution in [0.2, 0.25) is 5.02 Å². The van der Waals surface area contributed by atoms with Gasteiger partial charge in [0.2, 0.25) is 0 Å². The first kappa shape index (κ1) is 13.8. The quantitative estimate of drug-likeness (QED) is 0.837. The van der Waals surface area contributed by atoms with Gasteiger partial charge in [0.1, 0.15) is 5.82 Å². The summed E-state index contributed by atoms with van der Waals surface area (Å²) in [7, 11) is 0. The number of hydrogen-bond donors (Lipinski definition) is 1. The Kier molecular flexibility index (Phi) is 4.29. The molecule has 4 unspecified atom stereocenters. The molecule has 4 atom stereocenters. The Labute approximate surface area is 114 Å². The van der Waals surface area contributed by atoms with E-state index in [-0.39, 0.29) is 11.9 Å². The Morgan fingerprint density at radius 2 is 2.00 bits per heavy atom. The molecule has 1 fully saturated rings. The second-order valence-electron chi connectivity index (χ2n) is 5.69. The van der Waals surface area contributed by atoms with Crippen LogP contribution in [-0.2, 0) is 0 Å². The molecule has 1 aromatic carbocycles. The summed E-state index contributed by atoms with van der Waals surface area (Å²) in [6, 6.07) is 4.50. The van der Waals surface area contributed by atoms with Crippen molar-refractivity contribution >= 4 is 11.6 Å². The lowest BCUT2D eigenvalue weighted by Crippen LogP contribution is -2.30. The lowest BCUT2D eigenvalue weighted by Gasteiger charge is -2.35. The van der Waals surface area contributed by atoms with E-state index in [1.807, 2.05) is 0 Å². The van der Waals surface area contributed by atoms with E-state index < -0.39 is 0 Å². The Hall–Kier alpha value is -0.600. The van der Waals surface area contributed by atoms with Crippen molar-refractivity contribution < 1.29 is 4.39 Å². The van der Waals surface area contributed by atoms with E-state index in [4.69, 9.17) is 17.3 Å². The molecule has 0 heterocycles. The highest BCUT2D eigenvalue weighted by Crippen LogP contribution is 2.40. The number of hydrogen-bond acceptors (Lipinski definition) is 1. The maximum Gasteiger partial charge on any atom is 0.129 e. The Balaban J connectivity index is 2.19. The third-order valence-electron chi connectivity index (χ3n) is 4.48. The molecule has 0 bridgehead atoms. The summed E-state index contributed by atoms with van der Waals surface area (Å²) < 4.78 is 13.9. The fourth-order valence-electron chi connectivity index (χ4n) is 2.98. The SMILES string of the molecule is CC1CCC(C(N)c2c(F)cccc2Cl)CC1C. The standard InChI is InChI=1S/C15H21ClFN/c1-9-6-7-11(8-10(9)2)15(18)14-12(16)4-3-5-13(14)17/h3-5,9-11,15H,6-8,18H2,1-2H3. The molecule has 1 aliphatic rings. The lowest BCUT2D eigenvalue weighted by atomic mass is 9.72. The minimum atomic E-state index is -0.284. The first-order valence-electron chi connectivity index (χ1n) is 6.70. The maximum absolute atomic E-state index is 13.9. The largest absolute Gasteiger partial charge is 0.324 e. The molecule has 100 valence electrons. The monoisotopic (exact) mass is 269 g/mol. The van der Waals surface area contributed by atoms with Gasteiger partial charge in [-0.15, -0.1) is 0 Å². The van der Waals surface area contributed by atoms with Crippen molar-refractivity contribution in [1.82, 2.24) is 0 Å². The summed E-state index contributed by atoms with van der Waals surface area (Å²) in [4.78, 5) is 0. The van der Waals surface area contributed by atoms with Crippen molar-refractivity contribution in [2.45, 2.75) is 39.2 Å². The molecule has 0 saturated heterocycles. The van der Waals surface area contributed by atoms with Gasteiger partial charge in [0, 0.05) is 16.6 Å². The zero-order valence-corrected chi connectivity index (χ0v) is 11.8. The van der Waals surface area contributed by atoms with Crippen LogP contribution in [0.3, 0.4) is 0 Å². The molecule has 3 heteroatoms. The minimum absolute atomic E-state index is 0.277. The van der Waals surface area contributed by atoms with Crippen molar-refractivity contribution in [1.29, 1.82) is 0 Å². The fourth-order valence-corrected chi connectivity index (χ4v) is 3.27. The second kappa shape index (κ2) is 5.58. The molecule has 0 aromatic heterocycles. The van der Waals surface area contributed by atoms with Crippen LogP contribution in [0, 0.1) is 23.6 Å². The van der Waals surface area contributed by atoms with E-state index in [0.29, 0.717) is 22.4 Å². The van der Waals surface area contributed by atoms with Gasteiger partial charge in [0.05, 0.1) is 0 Å². The van der Waals surface area contributed by atoms with Crippen molar-refractivity contribution in [3.05, 3.63) is 34.6 Å². The highest BCUT2D eigenvalue weighted by molar-refractivity contribution is 6.31. The molecular weight excluding hydrogens is 249 g/mol. The van der Waals surface area contributed by atoms with Crippen LogP contribution in [0.5, 0.6) is 0 Å². The molecule has 18 heavy (non-hydrogen) atoms. The van der Waals surface area contributed by atoms with E-state index >= 15 is 0 Å². The predicted molar refractivity (Wildman–Crippen MR) is 74.0 cm³/mol. The first-order valence-corrected chi connectivity index (χ1v) is 7.08. The number of benzene rings is 1. The number of halogens is 2. The normalized spacial score (nSPS) is 30.2. The van der Waals surface area contributed by atoms with Crippen LogP contribution in [0.4, 0.5) is 4.39 Å². The average molecular weight is 270 g/mol. The van der Waals surface area contributed by atoms with E-state index in [9.17, 15) is 4.39 Å². The summed E-state index contributed by atoms with van der Waals surface area (Å²) in [5, 5.41) is 0.453. The van der Waals surface area contributed by atoms with Crippen LogP contribution >= 0.6 is 11.6 Å². The molecule has 0 amide bonds. The average Bonchev–Trinajstić information content (AvgIpc) is 2.32. The first-order chi connectivity index (χ1) is 8.50. The van der Waals surface area contributed by atoms with Crippen molar-refractivity contribution in [3.63, 3.8) is 0 Å². The summed E-state index contributed by atoms with van der Waals surface area (Å²) in [6.45, 7) is 4.54. The smallest absolute Gasteiger partial charge is 0.129 e. The molecule has 0 aliphatic heterocycles. The van der Waals surface area contributed by atoms with Gasteiger partial charge in [0.25, 0.3) is 0 Å². The molecule has 0 spiro atoms. The Morgan fingerprint density at radius 1 is 1.28 bits per heavy atom. The minimum Gasteiger partial charge on any atom is -0.324 e. The second-order valence-corrected chi connectivity index (χ2v) is 6.10. The molecular formula is C15H21ClFN. The zero-order valence-electron chi connectivity index (χ0n) is 11.0. The molecule has 0 radical (unpaired) electrons. The summed E-state index contributed by atoms with van der Waals surface area (Å²) in [6.07, 6.45) is 3.30. The van der Waals surface area contributed by atoms with E-state index in [1.165, 1.54) is 12.5 Å². The van der Waals surface area contributed by atoms with Gasteiger partial charge in [-0.25, -0.2) is 4.39 Å². The number of nitrogens with two attached hydrogens (primary N) is 1. The zero-order chi connectivity index (χ0) is 13.3. The summed E-state index contributed by atoms with van der Waals surface area (Å²) >= 11 is 6.09. The molecule has 1 nitrogen and oxygen atoms in total. The fraction of sp³-hybridized carbons (Fsp3) is 0.600. The van der Waals surface area contributed by atoms with E-state index in [0.717, 1.165) is 18.8 Å². The highest BCUT2D eigenvalue weighted by Gasteiger charge is 2.31. The Morgan fingerprint density at radius 3 is 2.61 bits per heavy atom. The van der Waals surface area contributed by atoms with Crippen molar-refractivity contribution in [2.75, 3.05) is 0 Å². The third-order valence-corrected chi connectivity index (χ3v) is 4.81. The van der Waals surface area contributed by atoms with Gasteiger partial charge in [-0.1, -0.05) is 37.9 Å². The highest BCUT2D eigenvalue weighted by atomic mass is 35.5.